The van der Waals surface area contributed by atoms with Crippen molar-refractivity contribution >= 4 is 32.6 Å². The number of epoxide rings is 3. The van der Waals surface area contributed by atoms with E-state index in [0.717, 1.165) is 55.4 Å². The maximum atomic E-state index is 13.3. The molecule has 10 heteroatoms. The average molecular weight is 565 g/mol. The van der Waals surface area contributed by atoms with Crippen LogP contribution in [0.4, 0.5) is 0 Å². The van der Waals surface area contributed by atoms with Crippen molar-refractivity contribution in [3.05, 3.63) is 11.1 Å². The monoisotopic (exact) mass is 564 g/mol. The molecule has 0 aromatic heterocycles. The normalized spacial score (nSPS) is 52.7. The molecule has 8 rings (SSSR count). The lowest BCUT2D eigenvalue weighted by molar-refractivity contribution is -0.169. The smallest absolute Gasteiger partial charge is 0.334 e. The molecule has 0 aromatic carbocycles. The van der Waals surface area contributed by atoms with E-state index in [4.69, 9.17) is 23.7 Å². The standard InChI is InChI=1S/C28H36O8S2/c1-14(2)26-21(35-26)22-28(36-22)25(3)10-8-16-17(13-32-23(16)30)18(25)12-19-27(28,34-19)24(26)33-20(29)7-5-4-6-15-9-11-37-38(15)31/h14-15,18-19,21-22,24H,4-13H2,1-3H3. The Labute approximate surface area is 229 Å². The second-order valence-corrected chi connectivity index (χ2v) is 16.6. The van der Waals surface area contributed by atoms with E-state index in [1.54, 1.807) is 10.8 Å². The predicted molar refractivity (Wildman–Crippen MR) is 138 cm³/mol. The first-order valence-corrected chi connectivity index (χ1v) is 17.1. The molecule has 38 heavy (non-hydrogen) atoms. The molecular weight excluding hydrogens is 528 g/mol. The largest absolute Gasteiger partial charge is 0.458 e. The summed E-state index contributed by atoms with van der Waals surface area (Å²) in [4.78, 5) is 25.7. The van der Waals surface area contributed by atoms with Gasteiger partial charge in [-0.05, 0) is 55.9 Å². The van der Waals surface area contributed by atoms with Gasteiger partial charge < -0.3 is 23.7 Å². The molecule has 3 aliphatic carbocycles. The number of esters is 2. The minimum absolute atomic E-state index is 0.0806. The molecule has 5 heterocycles. The second kappa shape index (κ2) is 7.87. The molecule has 4 saturated heterocycles. The number of ether oxygens (including phenoxy) is 5. The van der Waals surface area contributed by atoms with Gasteiger partial charge in [-0.3, -0.25) is 4.79 Å². The van der Waals surface area contributed by atoms with Gasteiger partial charge in [0, 0.05) is 28.4 Å². The van der Waals surface area contributed by atoms with Crippen LogP contribution in [0.3, 0.4) is 0 Å². The molecule has 0 amide bonds. The fourth-order valence-corrected chi connectivity index (χ4v) is 12.9. The van der Waals surface area contributed by atoms with Crippen molar-refractivity contribution in [1.82, 2.24) is 0 Å². The Kier molecular flexibility index (Phi) is 5.14. The first kappa shape index (κ1) is 24.8. The highest BCUT2D eigenvalue weighted by molar-refractivity contribution is 8.69. The van der Waals surface area contributed by atoms with E-state index in [-0.39, 0.29) is 52.8 Å². The van der Waals surface area contributed by atoms with Crippen LogP contribution < -0.4 is 0 Å². The summed E-state index contributed by atoms with van der Waals surface area (Å²) in [5.41, 5.74) is -0.119. The van der Waals surface area contributed by atoms with Gasteiger partial charge in [0.1, 0.15) is 30.0 Å². The highest BCUT2D eigenvalue weighted by Crippen LogP contribution is 2.83. The van der Waals surface area contributed by atoms with Gasteiger partial charge in [0.2, 0.25) is 0 Å². The van der Waals surface area contributed by atoms with Crippen molar-refractivity contribution in [3.8, 4) is 0 Å². The molecule has 0 N–H and O–H groups in total. The van der Waals surface area contributed by atoms with Gasteiger partial charge in [-0.2, -0.15) is 0 Å². The van der Waals surface area contributed by atoms with Crippen LogP contribution in [0.15, 0.2) is 11.1 Å². The summed E-state index contributed by atoms with van der Waals surface area (Å²) in [5.74, 6) is 0.895. The van der Waals surface area contributed by atoms with Crippen LogP contribution in [-0.4, -0.2) is 75.0 Å². The molecular formula is C28H36O8S2. The number of fused-ring (bicyclic) bond motifs is 4. The number of hydrogen-bond acceptors (Lipinski definition) is 9. The van der Waals surface area contributed by atoms with Crippen LogP contribution in [0.2, 0.25) is 0 Å². The van der Waals surface area contributed by atoms with Crippen molar-refractivity contribution in [2.45, 2.75) is 119 Å². The van der Waals surface area contributed by atoms with Crippen molar-refractivity contribution in [2.24, 2.45) is 17.3 Å². The number of carbonyl (C=O) groups is 2. The Hall–Kier alpha value is -0.940. The Morgan fingerprint density at radius 1 is 1.21 bits per heavy atom. The Balaban J connectivity index is 1.06. The third-order valence-electron chi connectivity index (χ3n) is 11.4. The number of carbonyl (C=O) groups excluding carboxylic acids is 2. The first-order valence-electron chi connectivity index (χ1n) is 14.4. The van der Waals surface area contributed by atoms with E-state index in [1.165, 1.54) is 0 Å². The molecule has 6 fully saturated rings. The molecule has 208 valence electrons. The third kappa shape index (κ3) is 2.82. The molecule has 0 aromatic rings. The fraction of sp³-hybridized carbons (Fsp3) is 0.857. The molecule has 0 bridgehead atoms. The van der Waals surface area contributed by atoms with Crippen molar-refractivity contribution in [3.63, 3.8) is 0 Å². The molecule has 2 spiro atoms. The van der Waals surface area contributed by atoms with Crippen LogP contribution in [0.25, 0.3) is 0 Å². The maximum Gasteiger partial charge on any atom is 0.334 e. The predicted octanol–water partition coefficient (Wildman–Crippen LogP) is 3.38. The SMILES string of the molecule is CC(C)C12OC1C1OC13C1(C)CCC4=C(COC4=O)C1CC1OC13C2OC(=O)CCCCC1CCSS1=O. The summed E-state index contributed by atoms with van der Waals surface area (Å²) >= 11 is 0. The highest BCUT2D eigenvalue weighted by Gasteiger charge is 3.01. The van der Waals surface area contributed by atoms with Crippen LogP contribution in [0, 0.1) is 17.3 Å². The average Bonchev–Trinajstić information content (AvgIpc) is 3.80. The number of unbranched alkanes of at least 4 members (excludes halogenated alkanes) is 1. The first-order chi connectivity index (χ1) is 18.2. The summed E-state index contributed by atoms with van der Waals surface area (Å²) in [6.45, 7) is 6.93. The van der Waals surface area contributed by atoms with E-state index in [2.05, 4.69) is 20.8 Å². The van der Waals surface area contributed by atoms with Crippen molar-refractivity contribution in [2.75, 3.05) is 12.4 Å². The zero-order valence-electron chi connectivity index (χ0n) is 22.2. The molecule has 2 saturated carbocycles. The minimum atomic E-state index is -0.783. The van der Waals surface area contributed by atoms with Gasteiger partial charge in [0.15, 0.2) is 11.7 Å². The zero-order chi connectivity index (χ0) is 26.2. The van der Waals surface area contributed by atoms with E-state index >= 15 is 0 Å². The summed E-state index contributed by atoms with van der Waals surface area (Å²) < 4.78 is 43.8. The lowest BCUT2D eigenvalue weighted by Gasteiger charge is -2.53. The molecule has 0 radical (unpaired) electrons. The third-order valence-corrected chi connectivity index (χ3v) is 15.0. The van der Waals surface area contributed by atoms with Crippen LogP contribution in [0.5, 0.6) is 0 Å². The zero-order valence-corrected chi connectivity index (χ0v) is 23.8. The van der Waals surface area contributed by atoms with Gasteiger partial charge in [-0.15, -0.1) is 0 Å². The van der Waals surface area contributed by atoms with Crippen LogP contribution in [-0.2, 0) is 43.1 Å². The summed E-state index contributed by atoms with van der Waals surface area (Å²) in [6.07, 6.45) is 5.35. The van der Waals surface area contributed by atoms with Crippen molar-refractivity contribution in [1.29, 1.82) is 0 Å². The summed E-state index contributed by atoms with van der Waals surface area (Å²) in [5, 5.41) is 0.255. The topological polar surface area (TPSA) is 107 Å². The molecule has 11 atom stereocenters. The molecule has 8 aliphatic rings. The van der Waals surface area contributed by atoms with Crippen molar-refractivity contribution < 1.29 is 37.5 Å². The van der Waals surface area contributed by atoms with Gasteiger partial charge in [0.05, 0.1) is 15.9 Å². The van der Waals surface area contributed by atoms with Crippen LogP contribution in [0.1, 0.15) is 72.1 Å². The quantitative estimate of drug-likeness (QED) is 0.199. The van der Waals surface area contributed by atoms with Crippen LogP contribution >= 0.6 is 10.8 Å². The second-order valence-electron chi connectivity index (χ2n) is 13.1. The minimum Gasteiger partial charge on any atom is -0.458 e. The maximum absolute atomic E-state index is 13.3. The number of cyclic esters (lactones) is 1. The Morgan fingerprint density at radius 2 is 2.05 bits per heavy atom. The molecule has 8 nitrogen and oxygen atoms in total. The summed E-state index contributed by atoms with van der Waals surface area (Å²) in [6, 6.07) is 0. The highest BCUT2D eigenvalue weighted by atomic mass is 33.1. The van der Waals surface area contributed by atoms with E-state index in [1.807, 2.05) is 0 Å². The summed E-state index contributed by atoms with van der Waals surface area (Å²) in [7, 11) is 0.762. The van der Waals surface area contributed by atoms with Gasteiger partial charge in [-0.25, -0.2) is 9.00 Å². The lowest BCUT2D eigenvalue weighted by Crippen LogP contribution is -2.70. The van der Waals surface area contributed by atoms with E-state index in [0.29, 0.717) is 19.4 Å². The van der Waals surface area contributed by atoms with Gasteiger partial charge in [0.25, 0.3) is 0 Å². The van der Waals surface area contributed by atoms with E-state index < -0.39 is 32.7 Å². The molecule has 5 aliphatic heterocycles. The lowest BCUT2D eigenvalue weighted by atomic mass is 9.46. The Morgan fingerprint density at radius 3 is 2.82 bits per heavy atom. The van der Waals surface area contributed by atoms with E-state index in [9.17, 15) is 13.8 Å². The fourth-order valence-electron chi connectivity index (χ4n) is 9.37. The Bertz CT molecular complexity index is 1190. The van der Waals surface area contributed by atoms with Gasteiger partial charge >= 0.3 is 11.9 Å². The number of rotatable bonds is 7. The molecule has 11 unspecified atom stereocenters. The van der Waals surface area contributed by atoms with Gasteiger partial charge in [-0.1, -0.05) is 38.0 Å². The number of hydrogen-bond donors (Lipinski definition) is 0.